The van der Waals surface area contributed by atoms with Gasteiger partial charge in [0.05, 0.1) is 18.5 Å². The molecule has 1 unspecified atom stereocenters. The fraction of sp³-hybridized carbons (Fsp3) is 0.900. The second kappa shape index (κ2) is 14.1. The van der Waals surface area contributed by atoms with E-state index in [-0.39, 0.29) is 5.60 Å². The highest BCUT2D eigenvalue weighted by Gasteiger charge is 2.28. The summed E-state index contributed by atoms with van der Waals surface area (Å²) in [6.07, 6.45) is 16.7. The average molecular weight is 313 g/mol. The summed E-state index contributed by atoms with van der Waals surface area (Å²) in [6, 6.07) is 0. The van der Waals surface area contributed by atoms with Gasteiger partial charge in [0.15, 0.2) is 0 Å². The molecule has 0 saturated carbocycles. The van der Waals surface area contributed by atoms with Gasteiger partial charge in [-0.3, -0.25) is 0 Å². The lowest BCUT2D eigenvalue weighted by atomic mass is 9.82. The maximum atomic E-state index is 5.74. The molecule has 0 aliphatic heterocycles. The van der Waals surface area contributed by atoms with Crippen LogP contribution in [-0.2, 0) is 9.47 Å². The first-order chi connectivity index (χ1) is 10.6. The summed E-state index contributed by atoms with van der Waals surface area (Å²) in [6.45, 7) is 9.68. The van der Waals surface area contributed by atoms with E-state index < -0.39 is 0 Å². The molecule has 1 atom stereocenters. The quantitative estimate of drug-likeness (QED) is 0.254. The van der Waals surface area contributed by atoms with E-state index in [1.807, 2.05) is 13.4 Å². The van der Waals surface area contributed by atoms with Crippen LogP contribution in [-0.4, -0.2) is 19.3 Å². The lowest BCUT2D eigenvalue weighted by Gasteiger charge is -2.33. The normalized spacial score (nSPS) is 13.7. The molecule has 0 fully saturated rings. The van der Waals surface area contributed by atoms with Crippen LogP contribution < -0.4 is 0 Å². The standard InChI is InChI=1S/C20H40O2/c1-6-8-10-11-12-13-15-19(20(3,4)21-5)16-14-18-22-17-9-7-2/h9,17,19H,6-8,10-16,18H2,1-5H3. The zero-order chi connectivity index (χ0) is 16.7. The number of methoxy groups -OCH3 is 1. The molecule has 132 valence electrons. The predicted octanol–water partition coefficient (Wildman–Crippen LogP) is 6.50. The van der Waals surface area contributed by atoms with Gasteiger partial charge in [-0.1, -0.05) is 58.4 Å². The molecule has 0 aromatic carbocycles. The first-order valence-electron chi connectivity index (χ1n) is 9.40. The van der Waals surface area contributed by atoms with E-state index in [4.69, 9.17) is 9.47 Å². The van der Waals surface area contributed by atoms with Crippen molar-refractivity contribution in [1.29, 1.82) is 0 Å². The van der Waals surface area contributed by atoms with Crippen molar-refractivity contribution in [2.45, 2.75) is 97.5 Å². The topological polar surface area (TPSA) is 18.5 Å². The molecule has 0 aliphatic carbocycles. The Kier molecular flexibility index (Phi) is 13.8. The fourth-order valence-corrected chi connectivity index (χ4v) is 2.82. The maximum absolute atomic E-state index is 5.74. The van der Waals surface area contributed by atoms with Gasteiger partial charge in [0.1, 0.15) is 0 Å². The minimum absolute atomic E-state index is 0.0251. The molecule has 0 spiro atoms. The average Bonchev–Trinajstić information content (AvgIpc) is 2.51. The second-order valence-corrected chi connectivity index (χ2v) is 6.85. The van der Waals surface area contributed by atoms with Crippen LogP contribution in [0.1, 0.15) is 91.9 Å². The van der Waals surface area contributed by atoms with Crippen LogP contribution in [0.4, 0.5) is 0 Å². The smallest absolute Gasteiger partial charge is 0.0873 e. The van der Waals surface area contributed by atoms with Gasteiger partial charge in [-0.2, -0.15) is 0 Å². The molecule has 0 aromatic heterocycles. The number of allylic oxidation sites excluding steroid dienone is 1. The third-order valence-electron chi connectivity index (χ3n) is 4.66. The Morgan fingerprint density at radius 3 is 2.18 bits per heavy atom. The van der Waals surface area contributed by atoms with Gasteiger partial charge >= 0.3 is 0 Å². The first-order valence-corrected chi connectivity index (χ1v) is 9.40. The van der Waals surface area contributed by atoms with Crippen molar-refractivity contribution in [2.75, 3.05) is 13.7 Å². The van der Waals surface area contributed by atoms with Crippen molar-refractivity contribution < 1.29 is 9.47 Å². The Morgan fingerprint density at radius 1 is 0.909 bits per heavy atom. The van der Waals surface area contributed by atoms with Crippen LogP contribution in [0.25, 0.3) is 0 Å². The highest BCUT2D eigenvalue weighted by atomic mass is 16.5. The summed E-state index contributed by atoms with van der Waals surface area (Å²) in [5.74, 6) is 0.627. The van der Waals surface area contributed by atoms with Gasteiger partial charge in [-0.05, 0) is 45.4 Å². The van der Waals surface area contributed by atoms with Gasteiger partial charge in [0.2, 0.25) is 0 Å². The van der Waals surface area contributed by atoms with Crippen molar-refractivity contribution in [3.63, 3.8) is 0 Å². The molecule has 0 heterocycles. The molecule has 0 aromatic rings. The van der Waals surface area contributed by atoms with Gasteiger partial charge in [0, 0.05) is 7.11 Å². The third-order valence-corrected chi connectivity index (χ3v) is 4.66. The molecule has 22 heavy (non-hydrogen) atoms. The van der Waals surface area contributed by atoms with E-state index in [2.05, 4.69) is 33.8 Å². The number of hydrogen-bond acceptors (Lipinski definition) is 2. The largest absolute Gasteiger partial charge is 0.502 e. The molecular weight excluding hydrogens is 272 g/mol. The van der Waals surface area contributed by atoms with Gasteiger partial charge in [-0.15, -0.1) is 0 Å². The second-order valence-electron chi connectivity index (χ2n) is 6.85. The van der Waals surface area contributed by atoms with Gasteiger partial charge in [-0.25, -0.2) is 0 Å². The molecule has 0 saturated heterocycles. The number of hydrogen-bond donors (Lipinski definition) is 0. The van der Waals surface area contributed by atoms with Crippen LogP contribution in [0, 0.1) is 5.92 Å². The van der Waals surface area contributed by atoms with Crippen molar-refractivity contribution in [1.82, 2.24) is 0 Å². The SMILES string of the molecule is CCC=COCCCC(CCCCCCCC)C(C)(C)OC. The van der Waals surface area contributed by atoms with E-state index >= 15 is 0 Å². The van der Waals surface area contributed by atoms with Crippen molar-refractivity contribution >= 4 is 0 Å². The molecule has 0 aliphatic rings. The molecule has 0 radical (unpaired) electrons. The molecule has 2 nitrogen and oxygen atoms in total. The monoisotopic (exact) mass is 312 g/mol. The van der Waals surface area contributed by atoms with Crippen LogP contribution >= 0.6 is 0 Å². The number of ether oxygens (including phenoxy) is 2. The van der Waals surface area contributed by atoms with E-state index in [1.165, 1.54) is 51.4 Å². The Hall–Kier alpha value is -0.500. The number of unbranched alkanes of at least 4 members (excludes halogenated alkanes) is 5. The van der Waals surface area contributed by atoms with Crippen molar-refractivity contribution in [3.05, 3.63) is 12.3 Å². The molecule has 0 amide bonds. The van der Waals surface area contributed by atoms with Crippen LogP contribution in [0.3, 0.4) is 0 Å². The van der Waals surface area contributed by atoms with Crippen molar-refractivity contribution in [2.24, 2.45) is 5.92 Å². The minimum Gasteiger partial charge on any atom is -0.502 e. The summed E-state index contributed by atoms with van der Waals surface area (Å²) < 4.78 is 11.3. The van der Waals surface area contributed by atoms with Gasteiger partial charge in [0.25, 0.3) is 0 Å². The van der Waals surface area contributed by atoms with Crippen LogP contribution in [0.5, 0.6) is 0 Å². The highest BCUT2D eigenvalue weighted by Crippen LogP contribution is 2.30. The Balaban J connectivity index is 3.98. The Morgan fingerprint density at radius 2 is 1.55 bits per heavy atom. The molecule has 2 heteroatoms. The number of rotatable bonds is 15. The Labute approximate surface area is 139 Å². The Bertz CT molecular complexity index is 258. The van der Waals surface area contributed by atoms with E-state index in [1.54, 1.807) is 0 Å². The third kappa shape index (κ3) is 11.1. The van der Waals surface area contributed by atoms with Gasteiger partial charge < -0.3 is 9.47 Å². The van der Waals surface area contributed by atoms with E-state index in [0.717, 1.165) is 19.4 Å². The zero-order valence-corrected chi connectivity index (χ0v) is 15.8. The van der Waals surface area contributed by atoms with Crippen molar-refractivity contribution in [3.8, 4) is 0 Å². The summed E-state index contributed by atoms with van der Waals surface area (Å²) in [4.78, 5) is 0. The molecular formula is C20H40O2. The van der Waals surface area contributed by atoms with E-state index in [0.29, 0.717) is 5.92 Å². The lowest BCUT2D eigenvalue weighted by Crippen LogP contribution is -2.33. The minimum atomic E-state index is -0.0251. The summed E-state index contributed by atoms with van der Waals surface area (Å²) in [5.41, 5.74) is -0.0251. The summed E-state index contributed by atoms with van der Waals surface area (Å²) in [5, 5.41) is 0. The summed E-state index contributed by atoms with van der Waals surface area (Å²) in [7, 11) is 1.84. The predicted molar refractivity (Wildman–Crippen MR) is 97.2 cm³/mol. The highest BCUT2D eigenvalue weighted by molar-refractivity contribution is 4.79. The van der Waals surface area contributed by atoms with Crippen LogP contribution in [0.2, 0.25) is 0 Å². The summed E-state index contributed by atoms with van der Waals surface area (Å²) >= 11 is 0. The molecule has 0 N–H and O–H groups in total. The lowest BCUT2D eigenvalue weighted by molar-refractivity contribution is -0.0362. The molecule has 0 bridgehead atoms. The van der Waals surface area contributed by atoms with E-state index in [9.17, 15) is 0 Å². The first kappa shape index (κ1) is 21.5. The zero-order valence-electron chi connectivity index (χ0n) is 15.8. The maximum Gasteiger partial charge on any atom is 0.0873 e. The van der Waals surface area contributed by atoms with Crippen LogP contribution in [0.15, 0.2) is 12.3 Å². The fourth-order valence-electron chi connectivity index (χ4n) is 2.82. The molecule has 0 rings (SSSR count).